The minimum atomic E-state index is 0.444. The molecule has 0 heterocycles. The molecule has 0 aliphatic rings. The number of aliphatic imine (C=N–C) groups is 1. The third-order valence-electron chi connectivity index (χ3n) is 3.51. The molecule has 2 rings (SSSR count). The van der Waals surface area contributed by atoms with Crippen LogP contribution in [0.1, 0.15) is 36.5 Å². The van der Waals surface area contributed by atoms with Gasteiger partial charge in [-0.3, -0.25) is 0 Å². The first-order valence-corrected chi connectivity index (χ1v) is 7.27. The molecule has 0 bridgehead atoms. The van der Waals surface area contributed by atoms with Crippen molar-refractivity contribution in [1.82, 2.24) is 0 Å². The summed E-state index contributed by atoms with van der Waals surface area (Å²) in [5, 5.41) is 3.15. The van der Waals surface area contributed by atoms with Crippen molar-refractivity contribution >= 4 is 11.6 Å². The summed E-state index contributed by atoms with van der Waals surface area (Å²) >= 11 is 0. The Balaban J connectivity index is 2.04. The lowest BCUT2D eigenvalue weighted by Crippen LogP contribution is -2.22. The predicted molar refractivity (Wildman–Crippen MR) is 90.7 cm³/mol. The molecule has 0 radical (unpaired) electrons. The monoisotopic (exact) mass is 281 g/mol. The lowest BCUT2D eigenvalue weighted by molar-refractivity contribution is 0.867. The van der Waals surface area contributed by atoms with E-state index in [1.807, 2.05) is 24.3 Å². The molecule has 0 fully saturated rings. The molecule has 0 unspecified atom stereocenters. The number of rotatable bonds is 4. The van der Waals surface area contributed by atoms with Gasteiger partial charge in [-0.15, -0.1) is 0 Å². The highest BCUT2D eigenvalue weighted by molar-refractivity contribution is 5.92. The van der Waals surface area contributed by atoms with Crippen molar-refractivity contribution in [2.75, 3.05) is 5.32 Å². The first-order valence-electron chi connectivity index (χ1n) is 7.27. The van der Waals surface area contributed by atoms with Crippen LogP contribution >= 0.6 is 0 Å². The summed E-state index contributed by atoms with van der Waals surface area (Å²) in [6.45, 7) is 7.03. The van der Waals surface area contributed by atoms with Crippen LogP contribution in [-0.4, -0.2) is 5.96 Å². The Labute approximate surface area is 126 Å². The van der Waals surface area contributed by atoms with Crippen molar-refractivity contribution in [3.63, 3.8) is 0 Å². The molecule has 3 heteroatoms. The Kier molecular flexibility index (Phi) is 4.99. The van der Waals surface area contributed by atoms with Gasteiger partial charge in [-0.1, -0.05) is 50.2 Å². The predicted octanol–water partition coefficient (Wildman–Crippen LogP) is 4.05. The number of aryl methyl sites for hydroxylation is 1. The van der Waals surface area contributed by atoms with Gasteiger partial charge in [-0.25, -0.2) is 4.99 Å². The first-order chi connectivity index (χ1) is 10.1. The summed E-state index contributed by atoms with van der Waals surface area (Å²) in [6.07, 6.45) is 0. The van der Waals surface area contributed by atoms with Crippen LogP contribution in [0, 0.1) is 6.92 Å². The molecule has 3 N–H and O–H groups in total. The Hall–Kier alpha value is -2.29. The van der Waals surface area contributed by atoms with E-state index in [9.17, 15) is 0 Å². The fourth-order valence-electron chi connectivity index (χ4n) is 2.12. The second kappa shape index (κ2) is 6.93. The highest BCUT2D eigenvalue weighted by Gasteiger charge is 2.01. The molecule has 0 saturated carbocycles. The number of guanidine groups is 1. The average molecular weight is 281 g/mol. The topological polar surface area (TPSA) is 50.4 Å². The van der Waals surface area contributed by atoms with Crippen LogP contribution in [-0.2, 0) is 6.54 Å². The highest BCUT2D eigenvalue weighted by Crippen LogP contribution is 2.18. The maximum atomic E-state index is 5.97. The summed E-state index contributed by atoms with van der Waals surface area (Å²) in [5.74, 6) is 0.941. The van der Waals surface area contributed by atoms with Crippen LogP contribution in [0.25, 0.3) is 0 Å². The molecule has 0 aromatic heterocycles. The molecule has 0 spiro atoms. The molecular formula is C18H23N3. The van der Waals surface area contributed by atoms with Crippen molar-refractivity contribution in [2.24, 2.45) is 10.7 Å². The highest BCUT2D eigenvalue weighted by atomic mass is 15.1. The van der Waals surface area contributed by atoms with Gasteiger partial charge in [-0.05, 0) is 41.7 Å². The molecule has 110 valence electrons. The Morgan fingerprint density at radius 3 is 2.62 bits per heavy atom. The van der Waals surface area contributed by atoms with Gasteiger partial charge in [0.25, 0.3) is 0 Å². The van der Waals surface area contributed by atoms with Crippen molar-refractivity contribution in [1.29, 1.82) is 0 Å². The third kappa shape index (κ3) is 4.35. The number of anilines is 1. The molecule has 0 amide bonds. The number of nitrogens with zero attached hydrogens (tertiary/aromatic N) is 1. The summed E-state index contributed by atoms with van der Waals surface area (Å²) in [5.41, 5.74) is 10.7. The maximum absolute atomic E-state index is 5.97. The van der Waals surface area contributed by atoms with Gasteiger partial charge in [-0.2, -0.15) is 0 Å². The van der Waals surface area contributed by atoms with E-state index < -0.39 is 0 Å². The number of nitrogens with one attached hydrogen (secondary N) is 1. The van der Waals surface area contributed by atoms with Gasteiger partial charge in [0, 0.05) is 5.69 Å². The average Bonchev–Trinajstić information content (AvgIpc) is 2.46. The summed E-state index contributed by atoms with van der Waals surface area (Å²) in [7, 11) is 0. The normalized spacial score (nSPS) is 11.7. The van der Waals surface area contributed by atoms with Gasteiger partial charge >= 0.3 is 0 Å². The Morgan fingerprint density at radius 1 is 1.14 bits per heavy atom. The molecule has 3 nitrogen and oxygen atoms in total. The zero-order valence-electron chi connectivity index (χ0n) is 12.9. The standard InChI is InChI=1S/C18H23N3/c1-13(2)15-9-6-10-17(11-15)21-18(19)20-12-16-8-5-4-7-14(16)3/h4-11,13H,12H2,1-3H3,(H3,19,20,21). The maximum Gasteiger partial charge on any atom is 0.193 e. The molecular weight excluding hydrogens is 258 g/mol. The van der Waals surface area contributed by atoms with Gasteiger partial charge in [0.15, 0.2) is 5.96 Å². The second-order valence-electron chi connectivity index (χ2n) is 5.53. The second-order valence-corrected chi connectivity index (χ2v) is 5.53. The number of hydrogen-bond donors (Lipinski definition) is 2. The minimum Gasteiger partial charge on any atom is -0.370 e. The van der Waals surface area contributed by atoms with Crippen molar-refractivity contribution in [3.8, 4) is 0 Å². The van der Waals surface area contributed by atoms with Crippen LogP contribution in [0.3, 0.4) is 0 Å². The summed E-state index contributed by atoms with van der Waals surface area (Å²) in [4.78, 5) is 4.41. The lowest BCUT2D eigenvalue weighted by Gasteiger charge is -2.10. The zero-order valence-corrected chi connectivity index (χ0v) is 12.9. The Morgan fingerprint density at radius 2 is 1.90 bits per heavy atom. The van der Waals surface area contributed by atoms with E-state index in [-0.39, 0.29) is 0 Å². The zero-order chi connectivity index (χ0) is 15.2. The Bertz CT molecular complexity index is 630. The van der Waals surface area contributed by atoms with E-state index in [1.165, 1.54) is 16.7 Å². The van der Waals surface area contributed by atoms with E-state index in [0.29, 0.717) is 18.4 Å². The van der Waals surface area contributed by atoms with Crippen molar-refractivity contribution in [2.45, 2.75) is 33.2 Å². The number of benzene rings is 2. The van der Waals surface area contributed by atoms with Crippen molar-refractivity contribution in [3.05, 3.63) is 65.2 Å². The SMILES string of the molecule is Cc1ccccc1CN=C(N)Nc1cccc(C(C)C)c1. The fourth-order valence-corrected chi connectivity index (χ4v) is 2.12. The van der Waals surface area contributed by atoms with E-state index >= 15 is 0 Å². The molecule has 0 saturated heterocycles. The van der Waals surface area contributed by atoms with E-state index in [4.69, 9.17) is 5.73 Å². The smallest absolute Gasteiger partial charge is 0.193 e. The third-order valence-corrected chi connectivity index (χ3v) is 3.51. The lowest BCUT2D eigenvalue weighted by atomic mass is 10.0. The van der Waals surface area contributed by atoms with Crippen LogP contribution < -0.4 is 11.1 Å². The van der Waals surface area contributed by atoms with Gasteiger partial charge in [0.1, 0.15) is 0 Å². The largest absolute Gasteiger partial charge is 0.370 e. The molecule has 2 aromatic carbocycles. The van der Waals surface area contributed by atoms with Crippen LogP contribution in [0.4, 0.5) is 5.69 Å². The van der Waals surface area contributed by atoms with Crippen molar-refractivity contribution < 1.29 is 0 Å². The minimum absolute atomic E-state index is 0.444. The molecule has 0 aliphatic carbocycles. The van der Waals surface area contributed by atoms with Crippen LogP contribution in [0.15, 0.2) is 53.5 Å². The van der Waals surface area contributed by atoms with Gasteiger partial charge < -0.3 is 11.1 Å². The quantitative estimate of drug-likeness (QED) is 0.656. The molecule has 2 aromatic rings. The van der Waals surface area contributed by atoms with E-state index in [2.05, 4.69) is 55.3 Å². The van der Waals surface area contributed by atoms with Crippen LogP contribution in [0.5, 0.6) is 0 Å². The number of nitrogens with two attached hydrogens (primary N) is 1. The first kappa shape index (κ1) is 15.1. The van der Waals surface area contributed by atoms with Gasteiger partial charge in [0.05, 0.1) is 6.54 Å². The molecule has 0 atom stereocenters. The number of hydrogen-bond acceptors (Lipinski definition) is 1. The summed E-state index contributed by atoms with van der Waals surface area (Å²) < 4.78 is 0. The fraction of sp³-hybridized carbons (Fsp3) is 0.278. The van der Waals surface area contributed by atoms with Crippen LogP contribution in [0.2, 0.25) is 0 Å². The summed E-state index contributed by atoms with van der Waals surface area (Å²) in [6, 6.07) is 16.5. The molecule has 21 heavy (non-hydrogen) atoms. The van der Waals surface area contributed by atoms with E-state index in [0.717, 1.165) is 5.69 Å². The van der Waals surface area contributed by atoms with E-state index in [1.54, 1.807) is 0 Å². The van der Waals surface area contributed by atoms with Gasteiger partial charge in [0.2, 0.25) is 0 Å². The molecule has 0 aliphatic heterocycles.